The third-order valence-electron chi connectivity index (χ3n) is 5.53. The molecule has 1 aliphatic carbocycles. The molecule has 0 aliphatic heterocycles. The number of carbonyl (C=O) groups excluding carboxylic acids is 2. The summed E-state index contributed by atoms with van der Waals surface area (Å²) in [6, 6.07) is 10.1. The van der Waals surface area contributed by atoms with E-state index in [9.17, 15) is 9.59 Å². The molecule has 1 aromatic carbocycles. The highest BCUT2D eigenvalue weighted by Crippen LogP contribution is 2.32. The van der Waals surface area contributed by atoms with Gasteiger partial charge >= 0.3 is 0 Å². The van der Waals surface area contributed by atoms with Crippen LogP contribution in [0.2, 0.25) is 5.02 Å². The van der Waals surface area contributed by atoms with Crippen LogP contribution in [-0.4, -0.2) is 43.7 Å². The third kappa shape index (κ3) is 4.44. The quantitative estimate of drug-likeness (QED) is 0.412. The van der Waals surface area contributed by atoms with Crippen molar-refractivity contribution in [2.75, 3.05) is 17.3 Å². The first kappa shape index (κ1) is 21.9. The molecule has 34 heavy (non-hydrogen) atoms. The largest absolute Gasteiger partial charge is 0.438 e. The number of hydrogen-bond donors (Lipinski definition) is 2. The molecule has 0 unspecified atom stereocenters. The number of hydrogen-bond acceptors (Lipinski definition) is 6. The van der Waals surface area contributed by atoms with E-state index < -0.39 is 0 Å². The number of ether oxygens (including phenoxy) is 1. The number of aromatic amines is 1. The fraction of sp³-hybridized carbons (Fsp3) is 0.261. The van der Waals surface area contributed by atoms with E-state index in [1.54, 1.807) is 49.6 Å². The van der Waals surface area contributed by atoms with Crippen LogP contribution in [0.3, 0.4) is 0 Å². The molecule has 2 N–H and O–H groups in total. The summed E-state index contributed by atoms with van der Waals surface area (Å²) >= 11 is 6.37. The van der Waals surface area contributed by atoms with Gasteiger partial charge in [0.05, 0.1) is 16.9 Å². The van der Waals surface area contributed by atoms with Gasteiger partial charge in [-0.1, -0.05) is 18.5 Å². The lowest BCUT2D eigenvalue weighted by Gasteiger charge is -2.18. The molecule has 1 aliphatic rings. The second kappa shape index (κ2) is 8.79. The zero-order chi connectivity index (χ0) is 23.8. The summed E-state index contributed by atoms with van der Waals surface area (Å²) < 4.78 is 7.45. The van der Waals surface area contributed by atoms with Gasteiger partial charge < -0.3 is 15.0 Å². The van der Waals surface area contributed by atoms with Crippen LogP contribution in [0.15, 0.2) is 42.6 Å². The van der Waals surface area contributed by atoms with E-state index in [1.807, 2.05) is 6.92 Å². The maximum atomic E-state index is 12.9. The molecule has 5 rings (SSSR count). The van der Waals surface area contributed by atoms with Gasteiger partial charge in [0.25, 0.3) is 5.91 Å². The maximum absolute atomic E-state index is 12.9. The number of aryl methyl sites for hydroxylation is 1. The predicted molar refractivity (Wildman–Crippen MR) is 127 cm³/mol. The van der Waals surface area contributed by atoms with Crippen LogP contribution in [-0.2, 0) is 11.2 Å². The standard InChI is InChI=1S/C23H22ClN7O3/c1-3-14-10-17(28-27-14)23(33)30(2)18-11-15(6-7-16(18)24)34-21-9-8-20-25-19(12-31(20)29-21)26-22(32)13-4-5-13/h6-13H,3-5H2,1-2H3,(H,26,32)(H,27,28). The smallest absolute Gasteiger partial charge is 0.278 e. The van der Waals surface area contributed by atoms with E-state index in [4.69, 9.17) is 16.3 Å². The summed E-state index contributed by atoms with van der Waals surface area (Å²) in [5.41, 5.74) is 2.22. The molecule has 0 saturated heterocycles. The van der Waals surface area contributed by atoms with Crippen molar-refractivity contribution in [2.45, 2.75) is 26.2 Å². The van der Waals surface area contributed by atoms with Gasteiger partial charge in [0.1, 0.15) is 5.75 Å². The first-order valence-electron chi connectivity index (χ1n) is 10.9. The lowest BCUT2D eigenvalue weighted by atomic mass is 10.2. The zero-order valence-corrected chi connectivity index (χ0v) is 19.3. The Labute approximate surface area is 199 Å². The number of fused-ring (bicyclic) bond motifs is 1. The van der Waals surface area contributed by atoms with Gasteiger partial charge in [-0.2, -0.15) is 5.10 Å². The van der Waals surface area contributed by atoms with Crippen molar-refractivity contribution in [1.29, 1.82) is 0 Å². The Bertz CT molecular complexity index is 1390. The molecule has 0 radical (unpaired) electrons. The van der Waals surface area contributed by atoms with Crippen molar-refractivity contribution in [2.24, 2.45) is 5.92 Å². The number of nitrogens with zero attached hydrogens (tertiary/aromatic N) is 5. The molecule has 10 nitrogen and oxygen atoms in total. The Morgan fingerprint density at radius 2 is 2.09 bits per heavy atom. The lowest BCUT2D eigenvalue weighted by Crippen LogP contribution is -2.26. The van der Waals surface area contributed by atoms with Crippen LogP contribution in [0.1, 0.15) is 35.9 Å². The Morgan fingerprint density at radius 1 is 1.26 bits per heavy atom. The predicted octanol–water partition coefficient (Wildman–Crippen LogP) is 4.09. The van der Waals surface area contributed by atoms with Crippen LogP contribution in [0, 0.1) is 5.92 Å². The molecule has 2 amide bonds. The number of rotatable bonds is 7. The second-order valence-corrected chi connectivity index (χ2v) is 8.48. The normalized spacial score (nSPS) is 13.1. The summed E-state index contributed by atoms with van der Waals surface area (Å²) in [6.07, 6.45) is 4.22. The monoisotopic (exact) mass is 479 g/mol. The van der Waals surface area contributed by atoms with Crippen molar-refractivity contribution in [1.82, 2.24) is 24.8 Å². The molecule has 0 spiro atoms. The van der Waals surface area contributed by atoms with Gasteiger partial charge in [0.15, 0.2) is 17.2 Å². The van der Waals surface area contributed by atoms with E-state index in [0.717, 1.165) is 25.0 Å². The van der Waals surface area contributed by atoms with Gasteiger partial charge in [-0.15, -0.1) is 5.10 Å². The number of halogens is 1. The van der Waals surface area contributed by atoms with Gasteiger partial charge in [0.2, 0.25) is 11.8 Å². The number of nitrogens with one attached hydrogen (secondary N) is 2. The van der Waals surface area contributed by atoms with Crippen molar-refractivity contribution in [3.8, 4) is 11.6 Å². The average Bonchev–Trinajstić information content (AvgIpc) is 3.45. The number of amides is 2. The van der Waals surface area contributed by atoms with E-state index in [0.29, 0.717) is 39.5 Å². The summed E-state index contributed by atoms with van der Waals surface area (Å²) in [4.78, 5) is 30.6. The van der Waals surface area contributed by atoms with Gasteiger partial charge in [-0.3, -0.25) is 14.7 Å². The highest BCUT2D eigenvalue weighted by Gasteiger charge is 2.30. The summed E-state index contributed by atoms with van der Waals surface area (Å²) in [7, 11) is 1.63. The highest BCUT2D eigenvalue weighted by atomic mass is 35.5. The summed E-state index contributed by atoms with van der Waals surface area (Å²) in [5, 5.41) is 14.5. The van der Waals surface area contributed by atoms with Crippen LogP contribution in [0.5, 0.6) is 11.6 Å². The van der Waals surface area contributed by atoms with Crippen LogP contribution < -0.4 is 15.0 Å². The second-order valence-electron chi connectivity index (χ2n) is 8.08. The lowest BCUT2D eigenvalue weighted by molar-refractivity contribution is -0.117. The zero-order valence-electron chi connectivity index (χ0n) is 18.6. The van der Waals surface area contributed by atoms with Gasteiger partial charge in [0, 0.05) is 30.8 Å². The van der Waals surface area contributed by atoms with Crippen molar-refractivity contribution in [3.63, 3.8) is 0 Å². The molecule has 11 heteroatoms. The van der Waals surface area contributed by atoms with E-state index in [-0.39, 0.29) is 17.7 Å². The Hall–Kier alpha value is -3.92. The number of benzene rings is 1. The Kier molecular flexibility index (Phi) is 5.66. The number of imidazole rings is 1. The Morgan fingerprint density at radius 3 is 2.82 bits per heavy atom. The minimum atomic E-state index is -0.297. The molecule has 3 aromatic heterocycles. The molecular formula is C23H22ClN7O3. The molecule has 1 fully saturated rings. The number of anilines is 2. The molecule has 0 atom stereocenters. The average molecular weight is 480 g/mol. The van der Waals surface area contributed by atoms with E-state index in [2.05, 4.69) is 25.6 Å². The molecule has 3 heterocycles. The molecule has 1 saturated carbocycles. The summed E-state index contributed by atoms with van der Waals surface area (Å²) in [5.74, 6) is 0.973. The minimum Gasteiger partial charge on any atom is -0.438 e. The van der Waals surface area contributed by atoms with Crippen LogP contribution >= 0.6 is 11.6 Å². The first-order chi connectivity index (χ1) is 16.4. The SMILES string of the molecule is CCc1cc(C(=O)N(C)c2cc(Oc3ccc4nc(NC(=O)C5CC5)cn4n3)ccc2Cl)n[nH]1. The Balaban J connectivity index is 1.34. The number of aromatic nitrogens is 5. The van der Waals surface area contributed by atoms with Gasteiger partial charge in [-0.05, 0) is 43.5 Å². The first-order valence-corrected chi connectivity index (χ1v) is 11.3. The van der Waals surface area contributed by atoms with Crippen LogP contribution in [0.4, 0.5) is 11.5 Å². The van der Waals surface area contributed by atoms with Crippen molar-refractivity contribution >= 4 is 40.6 Å². The molecular weight excluding hydrogens is 458 g/mol. The number of carbonyl (C=O) groups is 2. The third-order valence-corrected chi connectivity index (χ3v) is 5.85. The van der Waals surface area contributed by atoms with Crippen molar-refractivity contribution < 1.29 is 14.3 Å². The van der Waals surface area contributed by atoms with Gasteiger partial charge in [-0.25, -0.2) is 9.50 Å². The fourth-order valence-corrected chi connectivity index (χ4v) is 3.66. The van der Waals surface area contributed by atoms with Crippen molar-refractivity contribution in [3.05, 3.63) is 59.0 Å². The number of H-pyrrole nitrogens is 1. The van der Waals surface area contributed by atoms with Crippen LogP contribution in [0.25, 0.3) is 5.65 Å². The van der Waals surface area contributed by atoms with E-state index >= 15 is 0 Å². The molecule has 0 bridgehead atoms. The molecule has 4 aromatic rings. The topological polar surface area (TPSA) is 118 Å². The van der Waals surface area contributed by atoms with E-state index in [1.165, 1.54) is 9.42 Å². The minimum absolute atomic E-state index is 0.0204. The summed E-state index contributed by atoms with van der Waals surface area (Å²) in [6.45, 7) is 1.98. The maximum Gasteiger partial charge on any atom is 0.278 e. The molecule has 174 valence electrons. The highest BCUT2D eigenvalue weighted by molar-refractivity contribution is 6.34. The fourth-order valence-electron chi connectivity index (χ4n) is 3.42.